The minimum atomic E-state index is -0.714. The highest BCUT2D eigenvalue weighted by Crippen LogP contribution is 1.83. The lowest BCUT2D eigenvalue weighted by Gasteiger charge is -2.06. The highest BCUT2D eigenvalue weighted by Gasteiger charge is 1.85. The summed E-state index contributed by atoms with van der Waals surface area (Å²) >= 11 is 0. The molecule has 0 rings (SSSR count). The molecule has 0 spiro atoms. The maximum atomic E-state index is 11.4. The summed E-state index contributed by atoms with van der Waals surface area (Å²) < 4.78 is 11.4. The van der Waals surface area contributed by atoms with Gasteiger partial charge in [-0.2, -0.15) is 0 Å². The van der Waals surface area contributed by atoms with Gasteiger partial charge in [-0.05, 0) is 6.92 Å². The summed E-state index contributed by atoms with van der Waals surface area (Å²) in [5.74, 6) is 4.98. The lowest BCUT2D eigenvalue weighted by Crippen LogP contribution is -2.24. The molecule has 0 amide bonds. The van der Waals surface area contributed by atoms with Gasteiger partial charge in [0, 0.05) is 11.9 Å². The van der Waals surface area contributed by atoms with Crippen molar-refractivity contribution in [3.05, 3.63) is 11.9 Å². The molecule has 0 aromatic carbocycles. The van der Waals surface area contributed by atoms with E-state index in [4.69, 9.17) is 11.6 Å². The minimum absolute atomic E-state index is 0.491. The molecule has 0 saturated carbocycles. The zero-order chi connectivity index (χ0) is 6.57. The average Bonchev–Trinajstić information content (AvgIpc) is 1.65. The van der Waals surface area contributed by atoms with Crippen LogP contribution < -0.4 is 11.6 Å². The molecule has 0 aromatic rings. The molecule has 4 N–H and O–H groups in total. The van der Waals surface area contributed by atoms with Crippen molar-refractivity contribution in [2.24, 2.45) is 11.6 Å². The molecule has 0 atom stereocenters. The number of halogens is 1. The Morgan fingerprint density at radius 1 is 1.88 bits per heavy atom. The molecule has 0 unspecified atom stereocenters. The van der Waals surface area contributed by atoms with Crippen LogP contribution >= 0.6 is 0 Å². The molecule has 8 heavy (non-hydrogen) atoms. The Labute approximate surface area is 47.7 Å². The first-order chi connectivity index (χ1) is 3.66. The molecule has 0 aliphatic heterocycles. The average molecular weight is 119 g/mol. The van der Waals surface area contributed by atoms with Crippen molar-refractivity contribution in [1.82, 2.24) is 5.01 Å². The van der Waals surface area contributed by atoms with Crippen LogP contribution in [0.4, 0.5) is 4.39 Å². The van der Waals surface area contributed by atoms with Crippen molar-refractivity contribution >= 4 is 0 Å². The Bertz CT molecular complexity index is 87.3. The summed E-state index contributed by atoms with van der Waals surface area (Å²) in [6.07, 6.45) is 1.32. The number of hydrogen-bond donors (Lipinski definition) is 2. The molecule has 4 heteroatoms. The van der Waals surface area contributed by atoms with Crippen LogP contribution in [-0.4, -0.2) is 11.8 Å². The summed E-state index contributed by atoms with van der Waals surface area (Å²) in [6.45, 7) is 0.921. The summed E-state index contributed by atoms with van der Waals surface area (Å²) in [4.78, 5) is 0. The standard InChI is InChI=1S/C4H10FN3/c1-4(6)2-8(7)3-5/h2H,3,6-7H2,1H3/b4-2-. The van der Waals surface area contributed by atoms with Crippen molar-refractivity contribution in [3.8, 4) is 0 Å². The normalized spacial score (nSPS) is 11.6. The number of hydrogen-bond acceptors (Lipinski definition) is 3. The van der Waals surface area contributed by atoms with Crippen molar-refractivity contribution < 1.29 is 4.39 Å². The van der Waals surface area contributed by atoms with Gasteiger partial charge >= 0.3 is 0 Å². The molecule has 0 bridgehead atoms. The molecule has 0 aliphatic rings. The van der Waals surface area contributed by atoms with Gasteiger partial charge in [0.25, 0.3) is 0 Å². The lowest BCUT2D eigenvalue weighted by molar-refractivity contribution is 0.257. The zero-order valence-electron chi connectivity index (χ0n) is 4.76. The molecule has 0 aliphatic carbocycles. The third-order valence-corrected chi connectivity index (χ3v) is 0.507. The van der Waals surface area contributed by atoms with Crippen LogP contribution in [0.25, 0.3) is 0 Å². The van der Waals surface area contributed by atoms with Gasteiger partial charge in [0.2, 0.25) is 0 Å². The monoisotopic (exact) mass is 119 g/mol. The molecule has 0 saturated heterocycles. The lowest BCUT2D eigenvalue weighted by atomic mass is 10.6. The van der Waals surface area contributed by atoms with E-state index in [0.717, 1.165) is 5.01 Å². The van der Waals surface area contributed by atoms with Gasteiger partial charge < -0.3 is 5.73 Å². The predicted octanol–water partition coefficient (Wildman–Crippen LogP) is -0.0909. The maximum Gasteiger partial charge on any atom is 0.174 e. The van der Waals surface area contributed by atoms with E-state index in [9.17, 15) is 4.39 Å². The largest absolute Gasteiger partial charge is 0.401 e. The zero-order valence-corrected chi connectivity index (χ0v) is 4.76. The van der Waals surface area contributed by atoms with Crippen LogP contribution in [0, 0.1) is 0 Å². The van der Waals surface area contributed by atoms with E-state index in [0.29, 0.717) is 5.70 Å². The van der Waals surface area contributed by atoms with Crippen LogP contribution in [0.5, 0.6) is 0 Å². The van der Waals surface area contributed by atoms with E-state index in [2.05, 4.69) is 0 Å². The molecular formula is C4H10FN3. The highest BCUT2D eigenvalue weighted by molar-refractivity contribution is 4.88. The molecular weight excluding hydrogens is 109 g/mol. The van der Waals surface area contributed by atoms with E-state index in [-0.39, 0.29) is 0 Å². The third-order valence-electron chi connectivity index (χ3n) is 0.507. The van der Waals surface area contributed by atoms with Gasteiger partial charge in [-0.15, -0.1) is 0 Å². The van der Waals surface area contributed by atoms with Crippen LogP contribution in [-0.2, 0) is 0 Å². The SMILES string of the molecule is C/C(N)=C/N(N)CF. The topological polar surface area (TPSA) is 55.3 Å². The second-order valence-corrected chi connectivity index (χ2v) is 1.51. The van der Waals surface area contributed by atoms with E-state index in [1.54, 1.807) is 6.92 Å². The highest BCUT2D eigenvalue weighted by atomic mass is 19.1. The third kappa shape index (κ3) is 3.42. The fourth-order valence-electron chi connectivity index (χ4n) is 0.296. The van der Waals surface area contributed by atoms with Crippen molar-refractivity contribution in [1.29, 1.82) is 0 Å². The summed E-state index contributed by atoms with van der Waals surface area (Å²) in [6, 6.07) is 0. The minimum Gasteiger partial charge on any atom is -0.401 e. The van der Waals surface area contributed by atoms with Gasteiger partial charge in [0.1, 0.15) is 0 Å². The smallest absolute Gasteiger partial charge is 0.174 e. The fraction of sp³-hybridized carbons (Fsp3) is 0.500. The fourth-order valence-corrected chi connectivity index (χ4v) is 0.296. The van der Waals surface area contributed by atoms with Crippen LogP contribution in [0.1, 0.15) is 6.92 Å². The number of rotatable bonds is 2. The first kappa shape index (κ1) is 7.23. The Kier molecular flexibility index (Phi) is 2.95. The van der Waals surface area contributed by atoms with Crippen molar-refractivity contribution in [2.45, 2.75) is 6.92 Å². The Morgan fingerprint density at radius 3 is 2.50 bits per heavy atom. The Balaban J connectivity index is 3.51. The predicted molar refractivity (Wildman–Crippen MR) is 29.9 cm³/mol. The first-order valence-electron chi connectivity index (χ1n) is 2.18. The number of nitrogens with two attached hydrogens (primary N) is 2. The number of nitrogens with zero attached hydrogens (tertiary/aromatic N) is 1. The number of alkyl halides is 1. The van der Waals surface area contributed by atoms with Gasteiger partial charge in [-0.1, -0.05) is 0 Å². The van der Waals surface area contributed by atoms with Crippen molar-refractivity contribution in [3.63, 3.8) is 0 Å². The summed E-state index contributed by atoms with van der Waals surface area (Å²) in [7, 11) is 0. The molecule has 3 nitrogen and oxygen atoms in total. The summed E-state index contributed by atoms with van der Waals surface area (Å²) in [5.41, 5.74) is 5.63. The Morgan fingerprint density at radius 2 is 2.38 bits per heavy atom. The van der Waals surface area contributed by atoms with Crippen LogP contribution in [0.3, 0.4) is 0 Å². The van der Waals surface area contributed by atoms with Crippen molar-refractivity contribution in [2.75, 3.05) is 6.80 Å². The van der Waals surface area contributed by atoms with Gasteiger partial charge in [0.15, 0.2) is 6.80 Å². The van der Waals surface area contributed by atoms with E-state index in [1.165, 1.54) is 6.20 Å². The van der Waals surface area contributed by atoms with Crippen LogP contribution in [0.2, 0.25) is 0 Å². The molecule has 0 fully saturated rings. The van der Waals surface area contributed by atoms with Gasteiger partial charge in [-0.3, -0.25) is 5.01 Å². The first-order valence-corrected chi connectivity index (χ1v) is 2.18. The maximum absolute atomic E-state index is 11.4. The van der Waals surface area contributed by atoms with E-state index >= 15 is 0 Å². The van der Waals surface area contributed by atoms with E-state index in [1.807, 2.05) is 0 Å². The molecule has 0 heterocycles. The van der Waals surface area contributed by atoms with E-state index < -0.39 is 6.80 Å². The second-order valence-electron chi connectivity index (χ2n) is 1.51. The van der Waals surface area contributed by atoms with Crippen LogP contribution in [0.15, 0.2) is 11.9 Å². The van der Waals surface area contributed by atoms with Gasteiger partial charge in [0.05, 0.1) is 0 Å². The quantitative estimate of drug-likeness (QED) is 0.303. The van der Waals surface area contributed by atoms with Gasteiger partial charge in [-0.25, -0.2) is 10.2 Å². The second kappa shape index (κ2) is 3.26. The Hall–Kier alpha value is -0.770. The molecule has 0 aromatic heterocycles. The number of allylic oxidation sites excluding steroid dienone is 1. The number of hydrazine groups is 1. The molecule has 0 radical (unpaired) electrons. The summed E-state index contributed by atoms with van der Waals surface area (Å²) in [5, 5.41) is 0.870. The molecule has 48 valence electrons.